The van der Waals surface area contributed by atoms with Gasteiger partial charge in [0.05, 0.1) is 6.61 Å². The minimum absolute atomic E-state index is 0.164. The van der Waals surface area contributed by atoms with Crippen molar-refractivity contribution in [3.63, 3.8) is 0 Å². The van der Waals surface area contributed by atoms with Gasteiger partial charge in [-0.15, -0.1) is 0 Å². The Morgan fingerprint density at radius 1 is 1.30 bits per heavy atom. The number of hydrogen-bond acceptors (Lipinski definition) is 4. The molecule has 0 saturated carbocycles. The van der Waals surface area contributed by atoms with Gasteiger partial charge in [0.25, 0.3) is 5.91 Å². The second-order valence-electron chi connectivity index (χ2n) is 6.87. The van der Waals surface area contributed by atoms with Gasteiger partial charge in [0.15, 0.2) is 5.76 Å². The summed E-state index contributed by atoms with van der Waals surface area (Å²) in [4.78, 5) is 12.7. The van der Waals surface area contributed by atoms with Gasteiger partial charge < -0.3 is 19.2 Å². The van der Waals surface area contributed by atoms with Gasteiger partial charge in [-0.2, -0.15) is 0 Å². The Bertz CT molecular complexity index is 1000. The highest BCUT2D eigenvalue weighted by Crippen LogP contribution is 2.35. The summed E-state index contributed by atoms with van der Waals surface area (Å²) in [6.07, 6.45) is 1.04. The molecule has 2 aromatic carbocycles. The predicted molar refractivity (Wildman–Crippen MR) is 104 cm³/mol. The van der Waals surface area contributed by atoms with Crippen molar-refractivity contribution in [2.75, 3.05) is 6.61 Å². The molecule has 3 aromatic rings. The Balaban J connectivity index is 1.56. The fraction of sp³-hybridized carbons (Fsp3) is 0.318. The Morgan fingerprint density at radius 3 is 2.89 bits per heavy atom. The van der Waals surface area contributed by atoms with Crippen LogP contribution in [-0.4, -0.2) is 18.6 Å². The number of ether oxygens (including phenoxy) is 2. The number of rotatable bonds is 5. The molecule has 0 fully saturated rings. The second-order valence-corrected chi connectivity index (χ2v) is 6.87. The van der Waals surface area contributed by atoms with Gasteiger partial charge in [-0.25, -0.2) is 0 Å². The lowest BCUT2D eigenvalue weighted by Gasteiger charge is -2.13. The van der Waals surface area contributed by atoms with E-state index in [2.05, 4.69) is 5.32 Å². The van der Waals surface area contributed by atoms with E-state index in [9.17, 15) is 4.79 Å². The molecule has 140 valence electrons. The van der Waals surface area contributed by atoms with Crippen LogP contribution in [0.4, 0.5) is 0 Å². The van der Waals surface area contributed by atoms with Crippen LogP contribution >= 0.6 is 0 Å². The van der Waals surface area contributed by atoms with Crippen LogP contribution in [0.25, 0.3) is 11.0 Å². The van der Waals surface area contributed by atoms with Gasteiger partial charge >= 0.3 is 0 Å². The zero-order valence-electron chi connectivity index (χ0n) is 15.8. The third kappa shape index (κ3) is 3.25. The van der Waals surface area contributed by atoms with Crippen molar-refractivity contribution in [1.29, 1.82) is 0 Å². The van der Waals surface area contributed by atoms with E-state index < -0.39 is 0 Å². The van der Waals surface area contributed by atoms with Gasteiger partial charge in [0, 0.05) is 35.0 Å². The van der Waals surface area contributed by atoms with Crippen LogP contribution < -0.4 is 14.8 Å². The number of aryl methyl sites for hydroxylation is 1. The van der Waals surface area contributed by atoms with Crippen LogP contribution in [0.3, 0.4) is 0 Å². The van der Waals surface area contributed by atoms with Crippen molar-refractivity contribution in [2.45, 2.75) is 39.8 Å². The molecule has 0 bridgehead atoms. The minimum atomic E-state index is -0.235. The molecule has 2 heterocycles. The maximum Gasteiger partial charge on any atom is 0.287 e. The molecule has 1 atom stereocenters. The SMILES string of the molecule is CCOc1cc2c(cc1CNC(=O)c1oc3ccccc3c1C)O[C@H](C)C2. The van der Waals surface area contributed by atoms with Crippen LogP contribution in [-0.2, 0) is 13.0 Å². The number of amides is 1. The fourth-order valence-electron chi connectivity index (χ4n) is 3.56. The van der Waals surface area contributed by atoms with E-state index >= 15 is 0 Å². The molecule has 5 nitrogen and oxygen atoms in total. The number of benzene rings is 2. The quantitative estimate of drug-likeness (QED) is 0.728. The number of furan rings is 1. The van der Waals surface area contributed by atoms with Gasteiger partial charge in [0.2, 0.25) is 0 Å². The second kappa shape index (κ2) is 6.99. The lowest BCUT2D eigenvalue weighted by molar-refractivity contribution is 0.0924. The van der Waals surface area contributed by atoms with Gasteiger partial charge in [-0.1, -0.05) is 18.2 Å². The van der Waals surface area contributed by atoms with Gasteiger partial charge in [0.1, 0.15) is 23.2 Å². The average Bonchev–Trinajstić information content (AvgIpc) is 3.19. The number of fused-ring (bicyclic) bond motifs is 2. The average molecular weight is 365 g/mol. The third-order valence-corrected chi connectivity index (χ3v) is 4.87. The van der Waals surface area contributed by atoms with E-state index in [0.29, 0.717) is 18.9 Å². The number of nitrogens with one attached hydrogen (secondary N) is 1. The molecular weight excluding hydrogens is 342 g/mol. The zero-order valence-corrected chi connectivity index (χ0v) is 15.8. The van der Waals surface area contributed by atoms with E-state index in [1.165, 1.54) is 0 Å². The van der Waals surface area contributed by atoms with Crippen molar-refractivity contribution < 1.29 is 18.7 Å². The van der Waals surface area contributed by atoms with Crippen molar-refractivity contribution in [3.05, 3.63) is 58.8 Å². The van der Waals surface area contributed by atoms with Crippen molar-refractivity contribution >= 4 is 16.9 Å². The molecule has 1 amide bonds. The minimum Gasteiger partial charge on any atom is -0.494 e. The zero-order chi connectivity index (χ0) is 19.0. The molecule has 0 spiro atoms. The third-order valence-electron chi connectivity index (χ3n) is 4.87. The molecule has 1 aliphatic heterocycles. The lowest BCUT2D eigenvalue weighted by Crippen LogP contribution is -2.23. The van der Waals surface area contributed by atoms with Crippen molar-refractivity contribution in [1.82, 2.24) is 5.32 Å². The molecule has 1 N–H and O–H groups in total. The largest absolute Gasteiger partial charge is 0.494 e. The van der Waals surface area contributed by atoms with E-state index in [4.69, 9.17) is 13.9 Å². The summed E-state index contributed by atoms with van der Waals surface area (Å²) in [5.74, 6) is 1.77. The molecule has 0 radical (unpaired) electrons. The topological polar surface area (TPSA) is 60.7 Å². The Hall–Kier alpha value is -2.95. The van der Waals surface area contributed by atoms with E-state index in [0.717, 1.165) is 45.6 Å². The van der Waals surface area contributed by atoms with Crippen molar-refractivity contribution in [2.24, 2.45) is 0 Å². The summed E-state index contributed by atoms with van der Waals surface area (Å²) >= 11 is 0. The van der Waals surface area contributed by atoms with Crippen LogP contribution in [0, 0.1) is 6.92 Å². The molecule has 5 heteroatoms. The summed E-state index contributed by atoms with van der Waals surface area (Å²) in [6, 6.07) is 11.6. The maximum absolute atomic E-state index is 12.7. The number of hydrogen-bond donors (Lipinski definition) is 1. The summed E-state index contributed by atoms with van der Waals surface area (Å²) in [5.41, 5.74) is 3.61. The molecular formula is C22H23NO4. The monoisotopic (exact) mass is 365 g/mol. The molecule has 27 heavy (non-hydrogen) atoms. The van der Waals surface area contributed by atoms with Crippen LogP contribution in [0.1, 0.15) is 41.1 Å². The molecule has 0 aliphatic carbocycles. The Morgan fingerprint density at radius 2 is 2.11 bits per heavy atom. The summed E-state index contributed by atoms with van der Waals surface area (Å²) in [6.45, 7) is 6.81. The lowest BCUT2D eigenvalue weighted by atomic mass is 10.1. The number of para-hydroxylation sites is 1. The highest BCUT2D eigenvalue weighted by Gasteiger charge is 2.23. The maximum atomic E-state index is 12.7. The fourth-order valence-corrected chi connectivity index (χ4v) is 3.56. The number of carbonyl (C=O) groups excluding carboxylic acids is 1. The first-order valence-corrected chi connectivity index (χ1v) is 9.28. The van der Waals surface area contributed by atoms with Gasteiger partial charge in [-0.05, 0) is 39.0 Å². The first-order chi connectivity index (χ1) is 13.1. The normalized spacial score (nSPS) is 15.4. The Kier molecular flexibility index (Phi) is 4.52. The van der Waals surface area contributed by atoms with Crippen LogP contribution in [0.15, 0.2) is 40.8 Å². The van der Waals surface area contributed by atoms with E-state index in [1.807, 2.05) is 57.2 Å². The van der Waals surface area contributed by atoms with Crippen LogP contribution in [0.5, 0.6) is 11.5 Å². The van der Waals surface area contributed by atoms with E-state index in [-0.39, 0.29) is 12.0 Å². The summed E-state index contributed by atoms with van der Waals surface area (Å²) < 4.78 is 17.4. The smallest absolute Gasteiger partial charge is 0.287 e. The molecule has 4 rings (SSSR count). The molecule has 1 aliphatic rings. The first kappa shape index (κ1) is 17.5. The predicted octanol–water partition coefficient (Wildman–Crippen LogP) is 4.39. The number of carbonyl (C=O) groups is 1. The molecule has 0 saturated heterocycles. The summed E-state index contributed by atoms with van der Waals surface area (Å²) in [5, 5.41) is 3.91. The molecule has 0 unspecified atom stereocenters. The summed E-state index contributed by atoms with van der Waals surface area (Å²) in [7, 11) is 0. The van der Waals surface area contributed by atoms with E-state index in [1.54, 1.807) is 0 Å². The van der Waals surface area contributed by atoms with Crippen molar-refractivity contribution in [3.8, 4) is 11.5 Å². The van der Waals surface area contributed by atoms with Gasteiger partial charge in [-0.3, -0.25) is 4.79 Å². The first-order valence-electron chi connectivity index (χ1n) is 9.28. The highest BCUT2D eigenvalue weighted by molar-refractivity contribution is 5.98. The standard InChI is InChI=1S/C22H23NO4/c1-4-25-19-10-15-9-13(2)26-20(15)11-16(19)12-23-22(24)21-14(3)17-7-5-6-8-18(17)27-21/h5-8,10-11,13H,4,9,12H2,1-3H3,(H,23,24)/t13-/m1/s1. The van der Waals surface area contributed by atoms with Crippen LogP contribution in [0.2, 0.25) is 0 Å². The highest BCUT2D eigenvalue weighted by atomic mass is 16.5. The molecule has 1 aromatic heterocycles. The Labute approximate surface area is 158 Å².